The van der Waals surface area contributed by atoms with Crippen LogP contribution in [0.3, 0.4) is 0 Å². The molecule has 0 radical (unpaired) electrons. The third-order valence-corrected chi connectivity index (χ3v) is 3.01. The summed E-state index contributed by atoms with van der Waals surface area (Å²) in [7, 11) is 1.59. The molecule has 2 amide bonds. The summed E-state index contributed by atoms with van der Waals surface area (Å²) >= 11 is 0. The fraction of sp³-hybridized carbons (Fsp3) is 0.429. The first kappa shape index (κ1) is 16.0. The van der Waals surface area contributed by atoms with Crippen LogP contribution >= 0.6 is 0 Å². The van der Waals surface area contributed by atoms with Gasteiger partial charge in [-0.3, -0.25) is 9.59 Å². The van der Waals surface area contributed by atoms with Crippen molar-refractivity contribution in [2.45, 2.75) is 31.8 Å². The maximum absolute atomic E-state index is 11.9. The van der Waals surface area contributed by atoms with Gasteiger partial charge in [-0.2, -0.15) is 0 Å². The van der Waals surface area contributed by atoms with Gasteiger partial charge >= 0.3 is 0 Å². The van der Waals surface area contributed by atoms with Crippen LogP contribution in [-0.2, 0) is 15.1 Å². The number of primary amides is 1. The minimum absolute atomic E-state index is 0.176. The monoisotopic (exact) mass is 279 g/mol. The molecular weight excluding hydrogens is 258 g/mol. The highest BCUT2D eigenvalue weighted by atomic mass is 16.5. The molecular formula is C14H21N3O3. The molecule has 1 aromatic rings. The van der Waals surface area contributed by atoms with Gasteiger partial charge in [-0.05, 0) is 31.5 Å². The van der Waals surface area contributed by atoms with Crippen molar-refractivity contribution in [1.29, 1.82) is 0 Å². The summed E-state index contributed by atoms with van der Waals surface area (Å²) in [6.07, 6.45) is -0.176. The summed E-state index contributed by atoms with van der Waals surface area (Å²) in [4.78, 5) is 22.7. The van der Waals surface area contributed by atoms with Crippen LogP contribution in [-0.4, -0.2) is 25.0 Å². The van der Waals surface area contributed by atoms with Crippen molar-refractivity contribution >= 4 is 11.8 Å². The van der Waals surface area contributed by atoms with E-state index in [2.05, 4.69) is 5.32 Å². The van der Waals surface area contributed by atoms with E-state index in [1.165, 1.54) is 0 Å². The van der Waals surface area contributed by atoms with Gasteiger partial charge in [0.05, 0.1) is 25.1 Å². The highest BCUT2D eigenvalue weighted by molar-refractivity contribution is 5.88. The molecule has 110 valence electrons. The molecule has 20 heavy (non-hydrogen) atoms. The number of methoxy groups -OCH3 is 1. The average molecular weight is 279 g/mol. The minimum Gasteiger partial charge on any atom is -0.497 e. The van der Waals surface area contributed by atoms with E-state index >= 15 is 0 Å². The van der Waals surface area contributed by atoms with E-state index in [1.54, 1.807) is 7.11 Å². The van der Waals surface area contributed by atoms with Crippen molar-refractivity contribution in [1.82, 2.24) is 5.32 Å². The van der Waals surface area contributed by atoms with Gasteiger partial charge in [-0.1, -0.05) is 12.1 Å². The van der Waals surface area contributed by atoms with E-state index in [0.29, 0.717) is 0 Å². The Kier molecular flexibility index (Phi) is 5.10. The molecule has 1 aromatic carbocycles. The SMILES string of the molecule is COc1ccc(C(C)(C)NC(=O)[C@@H](N)CC(N)=O)cc1. The quantitative estimate of drug-likeness (QED) is 0.693. The standard InChI is InChI=1S/C14H21N3O3/c1-14(2,9-4-6-10(20-3)7-5-9)17-13(19)11(15)8-12(16)18/h4-7,11H,8,15H2,1-3H3,(H2,16,18)(H,17,19)/t11-/m0/s1. The smallest absolute Gasteiger partial charge is 0.238 e. The van der Waals surface area contributed by atoms with Crippen molar-refractivity contribution < 1.29 is 14.3 Å². The van der Waals surface area contributed by atoms with E-state index in [4.69, 9.17) is 16.2 Å². The number of nitrogens with one attached hydrogen (secondary N) is 1. The molecule has 0 aliphatic heterocycles. The van der Waals surface area contributed by atoms with Crippen LogP contribution in [0.25, 0.3) is 0 Å². The Labute approximate surface area is 118 Å². The molecule has 1 atom stereocenters. The highest BCUT2D eigenvalue weighted by Gasteiger charge is 2.26. The Balaban J connectivity index is 2.77. The molecule has 6 nitrogen and oxygen atoms in total. The predicted molar refractivity (Wildman–Crippen MR) is 75.9 cm³/mol. The summed E-state index contributed by atoms with van der Waals surface area (Å²) in [5.41, 5.74) is 10.9. The molecule has 6 heteroatoms. The van der Waals surface area contributed by atoms with Crippen molar-refractivity contribution in [2.24, 2.45) is 11.5 Å². The summed E-state index contributed by atoms with van der Waals surface area (Å²) in [6.45, 7) is 3.70. The normalized spacial score (nSPS) is 12.6. The summed E-state index contributed by atoms with van der Waals surface area (Å²) in [5.74, 6) is -0.277. The van der Waals surface area contributed by atoms with Crippen molar-refractivity contribution in [2.75, 3.05) is 7.11 Å². The Morgan fingerprint density at radius 3 is 2.30 bits per heavy atom. The highest BCUT2D eigenvalue weighted by Crippen LogP contribution is 2.22. The number of ether oxygens (including phenoxy) is 1. The molecule has 0 aromatic heterocycles. The van der Waals surface area contributed by atoms with Crippen LogP contribution in [0.15, 0.2) is 24.3 Å². The zero-order valence-electron chi connectivity index (χ0n) is 12.0. The van der Waals surface area contributed by atoms with E-state index in [1.807, 2.05) is 38.1 Å². The molecule has 0 bridgehead atoms. The first-order valence-electron chi connectivity index (χ1n) is 6.26. The second-order valence-electron chi connectivity index (χ2n) is 5.12. The van der Waals surface area contributed by atoms with Gasteiger partial charge in [0.15, 0.2) is 0 Å². The van der Waals surface area contributed by atoms with Crippen molar-refractivity contribution in [3.63, 3.8) is 0 Å². The lowest BCUT2D eigenvalue weighted by atomic mass is 9.93. The Morgan fingerprint density at radius 1 is 1.30 bits per heavy atom. The number of rotatable bonds is 6. The van der Waals surface area contributed by atoms with Crippen LogP contribution in [0.4, 0.5) is 0 Å². The number of carbonyl (C=O) groups is 2. The molecule has 0 saturated heterocycles. The van der Waals surface area contributed by atoms with Gasteiger partial charge in [0, 0.05) is 0 Å². The van der Waals surface area contributed by atoms with Gasteiger partial charge in [-0.25, -0.2) is 0 Å². The van der Waals surface area contributed by atoms with E-state index < -0.39 is 23.4 Å². The van der Waals surface area contributed by atoms with E-state index in [9.17, 15) is 9.59 Å². The predicted octanol–water partition coefficient (Wildman–Crippen LogP) is 0.249. The first-order chi connectivity index (χ1) is 9.26. The second kappa shape index (κ2) is 6.38. The van der Waals surface area contributed by atoms with E-state index in [-0.39, 0.29) is 6.42 Å². The number of carbonyl (C=O) groups excluding carboxylic acids is 2. The second-order valence-corrected chi connectivity index (χ2v) is 5.12. The molecule has 0 heterocycles. The summed E-state index contributed by atoms with van der Waals surface area (Å²) < 4.78 is 5.09. The van der Waals surface area contributed by atoms with Gasteiger partial charge in [0.1, 0.15) is 5.75 Å². The maximum Gasteiger partial charge on any atom is 0.238 e. The Hall–Kier alpha value is -2.08. The molecule has 0 fully saturated rings. The fourth-order valence-corrected chi connectivity index (χ4v) is 1.79. The topological polar surface area (TPSA) is 107 Å². The lowest BCUT2D eigenvalue weighted by Gasteiger charge is -2.28. The number of hydrogen-bond donors (Lipinski definition) is 3. The third kappa shape index (κ3) is 4.24. The largest absolute Gasteiger partial charge is 0.497 e. The number of nitrogens with two attached hydrogens (primary N) is 2. The van der Waals surface area contributed by atoms with Crippen LogP contribution in [0, 0.1) is 0 Å². The maximum atomic E-state index is 11.9. The van der Waals surface area contributed by atoms with Crippen molar-refractivity contribution in [3.8, 4) is 5.75 Å². The molecule has 5 N–H and O–H groups in total. The summed E-state index contributed by atoms with van der Waals surface area (Å²) in [5, 5.41) is 2.80. The number of benzene rings is 1. The number of amides is 2. The minimum atomic E-state index is -0.940. The molecule has 1 rings (SSSR count). The van der Waals surface area contributed by atoms with Crippen LogP contribution in [0.1, 0.15) is 25.8 Å². The average Bonchev–Trinajstić information content (AvgIpc) is 2.37. The van der Waals surface area contributed by atoms with Gasteiger partial charge < -0.3 is 21.5 Å². The van der Waals surface area contributed by atoms with E-state index in [0.717, 1.165) is 11.3 Å². The molecule has 0 saturated carbocycles. The van der Waals surface area contributed by atoms with Crippen LogP contribution < -0.4 is 21.5 Å². The van der Waals surface area contributed by atoms with Gasteiger partial charge in [0.25, 0.3) is 0 Å². The zero-order valence-corrected chi connectivity index (χ0v) is 12.0. The lowest BCUT2D eigenvalue weighted by molar-refractivity contribution is -0.127. The molecule has 0 spiro atoms. The molecule has 0 unspecified atom stereocenters. The first-order valence-corrected chi connectivity index (χ1v) is 6.26. The number of hydrogen-bond acceptors (Lipinski definition) is 4. The van der Waals surface area contributed by atoms with Gasteiger partial charge in [-0.15, -0.1) is 0 Å². The van der Waals surface area contributed by atoms with Crippen molar-refractivity contribution in [3.05, 3.63) is 29.8 Å². The lowest BCUT2D eigenvalue weighted by Crippen LogP contribution is -2.50. The zero-order chi connectivity index (χ0) is 15.3. The van der Waals surface area contributed by atoms with Gasteiger partial charge in [0.2, 0.25) is 11.8 Å². The van der Waals surface area contributed by atoms with Crippen LogP contribution in [0.2, 0.25) is 0 Å². The summed E-state index contributed by atoms with van der Waals surface area (Å²) in [6, 6.07) is 6.40. The molecule has 0 aliphatic carbocycles. The third-order valence-electron chi connectivity index (χ3n) is 3.01. The molecule has 0 aliphatic rings. The van der Waals surface area contributed by atoms with Crippen LogP contribution in [0.5, 0.6) is 5.75 Å². The fourth-order valence-electron chi connectivity index (χ4n) is 1.79. The Morgan fingerprint density at radius 2 is 1.85 bits per heavy atom. The Bertz CT molecular complexity index is 483.